The minimum Gasteiger partial charge on any atom is -0.409 e. The zero-order valence-electron chi connectivity index (χ0n) is 10.2. The van der Waals surface area contributed by atoms with E-state index in [9.17, 15) is 8.78 Å². The van der Waals surface area contributed by atoms with Gasteiger partial charge in [0.2, 0.25) is 0 Å². The number of hydrogen-bond acceptors (Lipinski definition) is 3. The highest BCUT2D eigenvalue weighted by Gasteiger charge is 2.33. The molecular weight excluding hydrogens is 240 g/mol. The van der Waals surface area contributed by atoms with Gasteiger partial charge in [-0.2, -0.15) is 8.78 Å². The molecule has 0 heterocycles. The van der Waals surface area contributed by atoms with Crippen LogP contribution in [-0.2, 0) is 5.92 Å². The third kappa shape index (κ3) is 3.96. The monoisotopic (exact) mass is 257 g/mol. The fourth-order valence-electron chi connectivity index (χ4n) is 1.59. The molecule has 0 amide bonds. The SMILES string of the molecule is CCN(C/C(N)=N/O)CC(F)(F)c1ccccc1. The quantitative estimate of drug-likeness (QED) is 0.354. The Hall–Kier alpha value is -1.69. The predicted octanol–water partition coefficient (Wildman–Crippen LogP) is 1.85. The Kier molecular flexibility index (Phi) is 5.03. The normalized spacial score (nSPS) is 13.0. The van der Waals surface area contributed by atoms with Gasteiger partial charge in [0, 0.05) is 5.56 Å². The maximum Gasteiger partial charge on any atom is 0.285 e. The van der Waals surface area contributed by atoms with E-state index in [1.54, 1.807) is 25.1 Å². The average Bonchev–Trinajstić information content (AvgIpc) is 2.38. The van der Waals surface area contributed by atoms with E-state index in [1.807, 2.05) is 0 Å². The van der Waals surface area contributed by atoms with Gasteiger partial charge < -0.3 is 10.9 Å². The number of oxime groups is 1. The van der Waals surface area contributed by atoms with Gasteiger partial charge in [-0.15, -0.1) is 0 Å². The molecule has 100 valence electrons. The van der Waals surface area contributed by atoms with Crippen molar-refractivity contribution in [2.75, 3.05) is 19.6 Å². The first-order valence-electron chi connectivity index (χ1n) is 5.61. The van der Waals surface area contributed by atoms with Crippen LogP contribution < -0.4 is 5.73 Å². The molecule has 0 radical (unpaired) electrons. The number of nitrogens with zero attached hydrogens (tertiary/aromatic N) is 2. The van der Waals surface area contributed by atoms with Crippen LogP contribution in [0.1, 0.15) is 12.5 Å². The largest absolute Gasteiger partial charge is 0.409 e. The van der Waals surface area contributed by atoms with Crippen LogP contribution in [0.5, 0.6) is 0 Å². The molecule has 0 aromatic heterocycles. The fraction of sp³-hybridized carbons (Fsp3) is 0.417. The lowest BCUT2D eigenvalue weighted by molar-refractivity contribution is -0.0336. The van der Waals surface area contributed by atoms with Crippen LogP contribution in [0.2, 0.25) is 0 Å². The van der Waals surface area contributed by atoms with Crippen molar-refractivity contribution in [2.45, 2.75) is 12.8 Å². The van der Waals surface area contributed by atoms with Crippen molar-refractivity contribution in [3.63, 3.8) is 0 Å². The Bertz CT molecular complexity index is 396. The third-order valence-corrected chi connectivity index (χ3v) is 2.58. The lowest BCUT2D eigenvalue weighted by atomic mass is 10.1. The number of rotatable bonds is 6. The topological polar surface area (TPSA) is 61.8 Å². The van der Waals surface area contributed by atoms with Crippen LogP contribution in [0.25, 0.3) is 0 Å². The summed E-state index contributed by atoms with van der Waals surface area (Å²) < 4.78 is 27.9. The summed E-state index contributed by atoms with van der Waals surface area (Å²) in [5, 5.41) is 11.2. The fourth-order valence-corrected chi connectivity index (χ4v) is 1.59. The molecule has 0 fully saturated rings. The molecule has 18 heavy (non-hydrogen) atoms. The van der Waals surface area contributed by atoms with Crippen LogP contribution in [-0.4, -0.2) is 35.6 Å². The maximum absolute atomic E-state index is 14.0. The number of nitrogens with two attached hydrogens (primary N) is 1. The summed E-state index contributed by atoms with van der Waals surface area (Å²) >= 11 is 0. The van der Waals surface area contributed by atoms with Crippen LogP contribution in [0.4, 0.5) is 8.78 Å². The second kappa shape index (κ2) is 6.30. The molecule has 0 aliphatic rings. The van der Waals surface area contributed by atoms with Crippen LogP contribution in [0.15, 0.2) is 35.5 Å². The summed E-state index contributed by atoms with van der Waals surface area (Å²) in [6, 6.07) is 7.61. The van der Waals surface area contributed by atoms with Gasteiger partial charge in [0.1, 0.15) is 0 Å². The van der Waals surface area contributed by atoms with Gasteiger partial charge in [0.25, 0.3) is 5.92 Å². The Balaban J connectivity index is 2.74. The molecule has 0 saturated carbocycles. The highest BCUT2D eigenvalue weighted by molar-refractivity contribution is 5.81. The molecule has 1 aromatic carbocycles. The van der Waals surface area contributed by atoms with Gasteiger partial charge in [-0.25, -0.2) is 0 Å². The predicted molar refractivity (Wildman–Crippen MR) is 65.9 cm³/mol. The first kappa shape index (κ1) is 14.4. The third-order valence-electron chi connectivity index (χ3n) is 2.58. The first-order valence-corrected chi connectivity index (χ1v) is 5.61. The van der Waals surface area contributed by atoms with Crippen molar-refractivity contribution >= 4 is 5.84 Å². The van der Waals surface area contributed by atoms with E-state index >= 15 is 0 Å². The van der Waals surface area contributed by atoms with E-state index in [0.29, 0.717) is 6.54 Å². The number of benzene rings is 1. The Morgan fingerprint density at radius 1 is 1.39 bits per heavy atom. The molecule has 0 bridgehead atoms. The summed E-state index contributed by atoms with van der Waals surface area (Å²) in [5.74, 6) is -3.05. The molecule has 0 saturated heterocycles. The van der Waals surface area contributed by atoms with E-state index in [4.69, 9.17) is 10.9 Å². The van der Waals surface area contributed by atoms with Gasteiger partial charge in [0.05, 0.1) is 13.1 Å². The summed E-state index contributed by atoms with van der Waals surface area (Å²) in [6.45, 7) is 1.67. The molecule has 0 unspecified atom stereocenters. The van der Waals surface area contributed by atoms with Crippen molar-refractivity contribution in [1.29, 1.82) is 0 Å². The van der Waals surface area contributed by atoms with Gasteiger partial charge in [-0.1, -0.05) is 42.4 Å². The summed E-state index contributed by atoms with van der Waals surface area (Å²) in [7, 11) is 0. The van der Waals surface area contributed by atoms with E-state index in [0.717, 1.165) is 0 Å². The smallest absolute Gasteiger partial charge is 0.285 e. The van der Waals surface area contributed by atoms with E-state index in [1.165, 1.54) is 17.0 Å². The average molecular weight is 257 g/mol. The first-order chi connectivity index (χ1) is 8.49. The Labute approximate surface area is 105 Å². The number of likely N-dealkylation sites (N-methyl/N-ethyl adjacent to an activating group) is 1. The van der Waals surface area contributed by atoms with Crippen molar-refractivity contribution in [1.82, 2.24) is 4.90 Å². The number of amidine groups is 1. The van der Waals surface area contributed by atoms with Crippen molar-refractivity contribution in [2.24, 2.45) is 10.9 Å². The molecular formula is C12H17F2N3O. The second-order valence-corrected chi connectivity index (χ2v) is 3.97. The summed E-state index contributed by atoms with van der Waals surface area (Å²) in [6.07, 6.45) is 0. The molecule has 1 aromatic rings. The molecule has 6 heteroatoms. The van der Waals surface area contributed by atoms with Gasteiger partial charge >= 0.3 is 0 Å². The van der Waals surface area contributed by atoms with Crippen molar-refractivity contribution in [3.8, 4) is 0 Å². The van der Waals surface area contributed by atoms with Gasteiger partial charge in [-0.3, -0.25) is 4.90 Å². The van der Waals surface area contributed by atoms with Gasteiger partial charge in [-0.05, 0) is 6.54 Å². The molecule has 3 N–H and O–H groups in total. The molecule has 0 spiro atoms. The van der Waals surface area contributed by atoms with Crippen molar-refractivity contribution < 1.29 is 14.0 Å². The highest BCUT2D eigenvalue weighted by Crippen LogP contribution is 2.28. The summed E-state index contributed by atoms with van der Waals surface area (Å²) in [4.78, 5) is 1.42. The Morgan fingerprint density at radius 3 is 2.50 bits per heavy atom. The summed E-state index contributed by atoms with van der Waals surface area (Å²) in [5.41, 5.74) is 5.28. The number of alkyl halides is 2. The second-order valence-electron chi connectivity index (χ2n) is 3.97. The Morgan fingerprint density at radius 2 is 2.00 bits per heavy atom. The maximum atomic E-state index is 14.0. The molecule has 0 atom stereocenters. The molecule has 0 aliphatic heterocycles. The van der Waals surface area contributed by atoms with Crippen LogP contribution in [0.3, 0.4) is 0 Å². The minimum absolute atomic E-state index is 0.00935. The zero-order valence-corrected chi connectivity index (χ0v) is 10.2. The van der Waals surface area contributed by atoms with E-state index in [-0.39, 0.29) is 17.9 Å². The minimum atomic E-state index is -2.97. The number of hydrogen-bond donors (Lipinski definition) is 2. The van der Waals surface area contributed by atoms with Gasteiger partial charge in [0.15, 0.2) is 5.84 Å². The van der Waals surface area contributed by atoms with Crippen molar-refractivity contribution in [3.05, 3.63) is 35.9 Å². The molecule has 1 rings (SSSR count). The lowest BCUT2D eigenvalue weighted by Crippen LogP contribution is -2.40. The van der Waals surface area contributed by atoms with Crippen LogP contribution >= 0.6 is 0 Å². The molecule has 4 nitrogen and oxygen atoms in total. The van der Waals surface area contributed by atoms with E-state index in [2.05, 4.69) is 5.16 Å². The zero-order chi connectivity index (χ0) is 13.6. The number of halogens is 2. The highest BCUT2D eigenvalue weighted by atomic mass is 19.3. The standard InChI is InChI=1S/C12H17F2N3O/c1-2-17(8-11(15)16-18)9-12(13,14)10-6-4-3-5-7-10/h3-7,18H,2,8-9H2,1H3,(H2,15,16). The lowest BCUT2D eigenvalue weighted by Gasteiger charge is -2.25. The van der Waals surface area contributed by atoms with E-state index < -0.39 is 12.5 Å². The van der Waals surface area contributed by atoms with Crippen LogP contribution in [0, 0.1) is 0 Å². The molecule has 0 aliphatic carbocycles.